The van der Waals surface area contributed by atoms with Crippen LogP contribution < -0.4 is 5.32 Å². The fourth-order valence-electron chi connectivity index (χ4n) is 1.44. The van der Waals surface area contributed by atoms with Crippen LogP contribution in [0.3, 0.4) is 0 Å². The van der Waals surface area contributed by atoms with Crippen LogP contribution in [0.15, 0.2) is 41.8 Å². The number of para-hydroxylation sites is 1. The Morgan fingerprint density at radius 2 is 2.31 bits per heavy atom. The summed E-state index contributed by atoms with van der Waals surface area (Å²) in [6.07, 6.45) is 2.53. The number of anilines is 1. The van der Waals surface area contributed by atoms with Crippen LogP contribution >= 0.6 is 0 Å². The maximum absolute atomic E-state index is 11.8. The number of fused-ring (bicyclic) bond motifs is 1. The van der Waals surface area contributed by atoms with E-state index in [1.54, 1.807) is 6.08 Å². The summed E-state index contributed by atoms with van der Waals surface area (Å²) in [5.41, 5.74) is 0.993. The maximum atomic E-state index is 11.8. The second-order valence-electron chi connectivity index (χ2n) is 2.95. The van der Waals surface area contributed by atoms with Gasteiger partial charge in [0, 0.05) is 17.6 Å². The fraction of sp³-hybridized carbons (Fsp3) is 0.200. The van der Waals surface area contributed by atoms with Crippen molar-refractivity contribution in [2.45, 2.75) is 16.7 Å². The van der Waals surface area contributed by atoms with Gasteiger partial charge < -0.3 is 9.87 Å². The first-order valence-corrected chi connectivity index (χ1v) is 5.41. The molecule has 0 saturated carbocycles. The molecule has 3 heteroatoms. The zero-order valence-corrected chi connectivity index (χ0v) is 8.01. The number of nitrogens with one attached hydrogen (secondary N) is 1. The average Bonchev–Trinajstić information content (AvgIpc) is 2.46. The van der Waals surface area contributed by atoms with Crippen molar-refractivity contribution in [3.05, 3.63) is 36.9 Å². The smallest absolute Gasteiger partial charge is 0.195 e. The van der Waals surface area contributed by atoms with Gasteiger partial charge in [-0.05, 0) is 12.1 Å². The molecule has 2 unspecified atom stereocenters. The average molecular weight is 193 g/mol. The highest BCUT2D eigenvalue weighted by molar-refractivity contribution is 7.92. The van der Waals surface area contributed by atoms with Crippen molar-refractivity contribution in [1.82, 2.24) is 0 Å². The van der Waals surface area contributed by atoms with Gasteiger partial charge in [0.05, 0.1) is 5.69 Å². The standard InChI is InChI=1S/C10H11NOS/c1-2-5-10-11-8-6-3-4-7-9(8)13(10)12/h2-4,6-7,10-11H,1,5H2. The molecule has 0 spiro atoms. The van der Waals surface area contributed by atoms with Crippen molar-refractivity contribution < 1.29 is 4.55 Å². The van der Waals surface area contributed by atoms with Crippen LogP contribution in [0.25, 0.3) is 0 Å². The Morgan fingerprint density at radius 1 is 1.54 bits per heavy atom. The first kappa shape index (κ1) is 8.66. The lowest BCUT2D eigenvalue weighted by Gasteiger charge is -2.10. The zero-order valence-electron chi connectivity index (χ0n) is 7.19. The van der Waals surface area contributed by atoms with E-state index in [2.05, 4.69) is 11.9 Å². The molecule has 0 aromatic heterocycles. The van der Waals surface area contributed by atoms with Crippen molar-refractivity contribution in [2.24, 2.45) is 0 Å². The fourth-order valence-corrected chi connectivity index (χ4v) is 2.85. The molecule has 13 heavy (non-hydrogen) atoms. The molecule has 1 aliphatic rings. The van der Waals surface area contributed by atoms with Crippen molar-refractivity contribution in [2.75, 3.05) is 5.32 Å². The molecular formula is C10H11NOS. The number of hydrogen-bond acceptors (Lipinski definition) is 2. The summed E-state index contributed by atoms with van der Waals surface area (Å²) < 4.78 is 11.8. The van der Waals surface area contributed by atoms with E-state index in [1.165, 1.54) is 0 Å². The van der Waals surface area contributed by atoms with E-state index in [4.69, 9.17) is 0 Å². The summed E-state index contributed by atoms with van der Waals surface area (Å²) in [4.78, 5) is 0.911. The molecular weight excluding hydrogens is 182 g/mol. The van der Waals surface area contributed by atoms with E-state index in [-0.39, 0.29) is 5.37 Å². The lowest BCUT2D eigenvalue weighted by atomic mass is 10.3. The predicted molar refractivity (Wildman–Crippen MR) is 55.1 cm³/mol. The van der Waals surface area contributed by atoms with Crippen LogP contribution in [0.2, 0.25) is 0 Å². The van der Waals surface area contributed by atoms with E-state index in [0.717, 1.165) is 17.0 Å². The predicted octanol–water partition coefficient (Wildman–Crippen LogP) is 2.12. The first-order chi connectivity index (χ1) is 6.33. The highest BCUT2D eigenvalue weighted by atomic mass is 32.2. The van der Waals surface area contributed by atoms with Gasteiger partial charge in [0.1, 0.15) is 0 Å². The molecule has 0 bridgehead atoms. The van der Waals surface area contributed by atoms with Gasteiger partial charge in [0.15, 0.2) is 10.3 Å². The van der Waals surface area contributed by atoms with Gasteiger partial charge in [0.25, 0.3) is 0 Å². The summed E-state index contributed by atoms with van der Waals surface area (Å²) >= 11 is -0.918. The highest BCUT2D eigenvalue weighted by Crippen LogP contribution is 2.33. The molecule has 2 atom stereocenters. The van der Waals surface area contributed by atoms with E-state index in [0.29, 0.717) is 0 Å². The van der Waals surface area contributed by atoms with Gasteiger partial charge >= 0.3 is 0 Å². The third kappa shape index (κ3) is 1.45. The quantitative estimate of drug-likeness (QED) is 0.576. The molecule has 1 aliphatic heterocycles. The molecule has 1 N–H and O–H groups in total. The summed E-state index contributed by atoms with van der Waals surface area (Å²) in [6, 6.07) is 7.71. The molecule has 2 nitrogen and oxygen atoms in total. The first-order valence-electron chi connectivity index (χ1n) is 4.20. The third-order valence-electron chi connectivity index (χ3n) is 2.06. The monoisotopic (exact) mass is 193 g/mol. The van der Waals surface area contributed by atoms with Gasteiger partial charge in [-0.2, -0.15) is 0 Å². The summed E-state index contributed by atoms with van der Waals surface area (Å²) in [5, 5.41) is 3.22. The number of benzene rings is 1. The van der Waals surface area contributed by atoms with Crippen LogP contribution in [0.4, 0.5) is 5.69 Å². The van der Waals surface area contributed by atoms with Crippen LogP contribution in [-0.4, -0.2) is 9.93 Å². The van der Waals surface area contributed by atoms with E-state index in [1.807, 2.05) is 24.3 Å². The SMILES string of the molecule is C=CCC1Nc2ccccc2[S+]1[O-]. The summed E-state index contributed by atoms with van der Waals surface area (Å²) in [6.45, 7) is 3.65. The third-order valence-corrected chi connectivity index (χ3v) is 3.68. The van der Waals surface area contributed by atoms with Crippen LogP contribution in [0, 0.1) is 0 Å². The minimum absolute atomic E-state index is 0.00917. The second kappa shape index (κ2) is 3.44. The zero-order chi connectivity index (χ0) is 9.26. The second-order valence-corrected chi connectivity index (χ2v) is 4.55. The molecule has 0 aliphatic carbocycles. The Labute approximate surface area is 80.8 Å². The normalized spacial score (nSPS) is 25.0. The van der Waals surface area contributed by atoms with Crippen molar-refractivity contribution in [3.63, 3.8) is 0 Å². The van der Waals surface area contributed by atoms with Gasteiger partial charge in [0.2, 0.25) is 0 Å². The van der Waals surface area contributed by atoms with Crippen molar-refractivity contribution in [3.8, 4) is 0 Å². The minimum atomic E-state index is -0.918. The molecule has 2 rings (SSSR count). The van der Waals surface area contributed by atoms with Crippen molar-refractivity contribution in [1.29, 1.82) is 0 Å². The Hall–Kier alpha value is -0.930. The van der Waals surface area contributed by atoms with E-state index >= 15 is 0 Å². The topological polar surface area (TPSA) is 35.1 Å². The lowest BCUT2D eigenvalue weighted by molar-refractivity contribution is 0.589. The van der Waals surface area contributed by atoms with Crippen LogP contribution in [0.5, 0.6) is 0 Å². The maximum Gasteiger partial charge on any atom is 0.195 e. The van der Waals surface area contributed by atoms with Crippen molar-refractivity contribution >= 4 is 16.9 Å². The van der Waals surface area contributed by atoms with Crippen LogP contribution in [-0.2, 0) is 11.2 Å². The molecule has 0 fully saturated rings. The molecule has 68 valence electrons. The molecule has 1 heterocycles. The van der Waals surface area contributed by atoms with Gasteiger partial charge in [-0.3, -0.25) is 0 Å². The molecule has 0 radical (unpaired) electrons. The van der Waals surface area contributed by atoms with E-state index in [9.17, 15) is 4.55 Å². The highest BCUT2D eigenvalue weighted by Gasteiger charge is 2.33. The van der Waals surface area contributed by atoms with E-state index < -0.39 is 11.2 Å². The molecule has 0 amide bonds. The Morgan fingerprint density at radius 3 is 3.00 bits per heavy atom. The number of rotatable bonds is 2. The van der Waals surface area contributed by atoms with Gasteiger partial charge in [-0.15, -0.1) is 6.58 Å². The Kier molecular flexibility index (Phi) is 2.29. The van der Waals surface area contributed by atoms with Crippen LogP contribution in [0.1, 0.15) is 6.42 Å². The Balaban J connectivity index is 2.27. The molecule has 1 aromatic rings. The Bertz CT molecular complexity index is 326. The summed E-state index contributed by atoms with van der Waals surface area (Å²) in [5.74, 6) is 0. The van der Waals surface area contributed by atoms with Gasteiger partial charge in [-0.1, -0.05) is 18.2 Å². The summed E-state index contributed by atoms with van der Waals surface area (Å²) in [7, 11) is 0. The molecule has 1 aromatic carbocycles. The molecule has 0 saturated heterocycles. The van der Waals surface area contributed by atoms with Gasteiger partial charge in [-0.25, -0.2) is 0 Å². The lowest BCUT2D eigenvalue weighted by Crippen LogP contribution is -2.21. The minimum Gasteiger partial charge on any atom is -0.610 e. The largest absolute Gasteiger partial charge is 0.610 e. The number of hydrogen-bond donors (Lipinski definition) is 1.